The van der Waals surface area contributed by atoms with Crippen molar-refractivity contribution in [1.82, 2.24) is 5.32 Å². The van der Waals surface area contributed by atoms with Gasteiger partial charge in [0.15, 0.2) is 0 Å². The van der Waals surface area contributed by atoms with E-state index in [-0.39, 0.29) is 18.9 Å². The lowest BCUT2D eigenvalue weighted by molar-refractivity contribution is -0.168. The lowest BCUT2D eigenvalue weighted by atomic mass is 9.88. The summed E-state index contributed by atoms with van der Waals surface area (Å²) in [5.74, 6) is 0. The Morgan fingerprint density at radius 1 is 1.11 bits per heavy atom. The summed E-state index contributed by atoms with van der Waals surface area (Å²) < 4.78 is 38.7. The van der Waals surface area contributed by atoms with Crippen LogP contribution in [-0.4, -0.2) is 17.8 Å². The van der Waals surface area contributed by atoms with Gasteiger partial charge in [-0.25, -0.2) is 0 Å². The first-order valence-electron chi connectivity index (χ1n) is 6.41. The van der Waals surface area contributed by atoms with Crippen molar-refractivity contribution in [2.75, 3.05) is 0 Å². The molecule has 2 aliphatic rings. The van der Waals surface area contributed by atoms with Gasteiger partial charge in [0, 0.05) is 6.04 Å². The largest absolute Gasteiger partial charge is 0.406 e. The average Bonchev–Trinajstić information content (AvgIpc) is 3.09. The van der Waals surface area contributed by atoms with Crippen LogP contribution in [0.2, 0.25) is 0 Å². The van der Waals surface area contributed by atoms with E-state index in [1.807, 2.05) is 18.2 Å². The number of nitrogens with one attached hydrogen (secondary N) is 1. The lowest BCUT2D eigenvalue weighted by Crippen LogP contribution is -2.51. The third kappa shape index (κ3) is 2.03. The van der Waals surface area contributed by atoms with Crippen molar-refractivity contribution in [2.24, 2.45) is 0 Å². The minimum absolute atomic E-state index is 0.0379. The molecule has 1 fully saturated rings. The molecule has 98 valence electrons. The van der Waals surface area contributed by atoms with E-state index in [1.165, 1.54) is 11.1 Å². The molecule has 0 aromatic heterocycles. The van der Waals surface area contributed by atoms with Crippen LogP contribution in [0.4, 0.5) is 13.2 Å². The first-order chi connectivity index (χ1) is 8.50. The average molecular weight is 255 g/mol. The Labute approximate surface area is 104 Å². The molecule has 0 aliphatic heterocycles. The minimum atomic E-state index is -4.11. The molecule has 1 aromatic carbocycles. The van der Waals surface area contributed by atoms with E-state index in [9.17, 15) is 13.2 Å². The second-order valence-corrected chi connectivity index (χ2v) is 5.43. The summed E-state index contributed by atoms with van der Waals surface area (Å²) >= 11 is 0. The Kier molecular flexibility index (Phi) is 2.66. The number of hydrogen-bond donors (Lipinski definition) is 1. The van der Waals surface area contributed by atoms with Crippen LogP contribution in [0.3, 0.4) is 0 Å². The van der Waals surface area contributed by atoms with Crippen molar-refractivity contribution >= 4 is 0 Å². The Bertz CT molecular complexity index is 449. The molecule has 18 heavy (non-hydrogen) atoms. The summed E-state index contributed by atoms with van der Waals surface area (Å²) in [7, 11) is 0. The Morgan fingerprint density at radius 2 is 1.78 bits per heavy atom. The van der Waals surface area contributed by atoms with Crippen LogP contribution >= 0.6 is 0 Å². The molecule has 1 aromatic rings. The molecule has 1 nitrogen and oxygen atoms in total. The first kappa shape index (κ1) is 12.0. The maximum absolute atomic E-state index is 12.9. The molecule has 0 amide bonds. The molecule has 0 saturated heterocycles. The zero-order valence-electron chi connectivity index (χ0n) is 10.1. The quantitative estimate of drug-likeness (QED) is 0.855. The highest BCUT2D eigenvalue weighted by Gasteiger charge is 2.63. The maximum Gasteiger partial charge on any atom is 0.406 e. The Morgan fingerprint density at radius 3 is 2.39 bits per heavy atom. The normalized spacial score (nSPS) is 25.6. The highest BCUT2D eigenvalue weighted by atomic mass is 19.4. The Hall–Kier alpha value is -1.03. The number of fused-ring (bicyclic) bond motifs is 1. The highest BCUT2D eigenvalue weighted by molar-refractivity contribution is 5.30. The van der Waals surface area contributed by atoms with E-state index in [1.54, 1.807) is 0 Å². The molecule has 3 rings (SSSR count). The molecular weight excluding hydrogens is 239 g/mol. The van der Waals surface area contributed by atoms with E-state index in [0.717, 1.165) is 12.8 Å². The van der Waals surface area contributed by atoms with Crippen LogP contribution < -0.4 is 5.32 Å². The molecule has 2 aliphatic carbocycles. The molecule has 4 heteroatoms. The van der Waals surface area contributed by atoms with Gasteiger partial charge in [-0.2, -0.15) is 13.2 Å². The van der Waals surface area contributed by atoms with Crippen LogP contribution in [0.15, 0.2) is 24.3 Å². The molecule has 1 saturated carbocycles. The molecule has 0 bridgehead atoms. The smallest absolute Gasteiger partial charge is 0.300 e. The van der Waals surface area contributed by atoms with Gasteiger partial charge in [-0.3, -0.25) is 0 Å². The van der Waals surface area contributed by atoms with Gasteiger partial charge in [-0.1, -0.05) is 24.3 Å². The van der Waals surface area contributed by atoms with E-state index in [2.05, 4.69) is 11.4 Å². The van der Waals surface area contributed by atoms with Gasteiger partial charge in [0.2, 0.25) is 0 Å². The van der Waals surface area contributed by atoms with Gasteiger partial charge in [0.1, 0.15) is 5.54 Å². The van der Waals surface area contributed by atoms with Crippen LogP contribution in [-0.2, 0) is 12.8 Å². The van der Waals surface area contributed by atoms with Crippen molar-refractivity contribution in [1.29, 1.82) is 0 Å². The summed E-state index contributed by atoms with van der Waals surface area (Å²) in [6.07, 6.45) is -1.25. The van der Waals surface area contributed by atoms with Gasteiger partial charge in [0.05, 0.1) is 0 Å². The molecule has 1 unspecified atom stereocenters. The van der Waals surface area contributed by atoms with Gasteiger partial charge in [0.25, 0.3) is 0 Å². The third-order valence-corrected chi connectivity index (χ3v) is 4.12. The van der Waals surface area contributed by atoms with Gasteiger partial charge < -0.3 is 5.32 Å². The standard InChI is InChI=1S/C14H16F3N/c15-14(16,17)13(7-8-13)18-12-6-5-10-3-1-2-4-11(10)9-12/h1-4,12,18H,5-9H2. The van der Waals surface area contributed by atoms with E-state index in [0.29, 0.717) is 6.42 Å². The maximum atomic E-state index is 12.9. The SMILES string of the molecule is FC(F)(F)C1(NC2CCc3ccccc3C2)CC1. The second kappa shape index (κ2) is 3.98. The number of benzene rings is 1. The zero-order chi connectivity index (χ0) is 12.8. The molecule has 1 atom stereocenters. The summed E-state index contributed by atoms with van der Waals surface area (Å²) in [6, 6.07) is 8.00. The highest BCUT2D eigenvalue weighted by Crippen LogP contribution is 2.49. The third-order valence-electron chi connectivity index (χ3n) is 4.12. The number of aryl methyl sites for hydroxylation is 1. The molecule has 0 radical (unpaired) electrons. The van der Waals surface area contributed by atoms with Crippen molar-refractivity contribution in [3.8, 4) is 0 Å². The summed E-state index contributed by atoms with van der Waals surface area (Å²) in [4.78, 5) is 0. The van der Waals surface area contributed by atoms with Gasteiger partial charge in [-0.15, -0.1) is 0 Å². The number of hydrogen-bond acceptors (Lipinski definition) is 1. The topological polar surface area (TPSA) is 12.0 Å². The van der Waals surface area contributed by atoms with Crippen LogP contribution in [0.25, 0.3) is 0 Å². The molecule has 1 N–H and O–H groups in total. The van der Waals surface area contributed by atoms with Crippen LogP contribution in [0, 0.1) is 0 Å². The lowest BCUT2D eigenvalue weighted by Gasteiger charge is -2.31. The number of halogens is 3. The van der Waals surface area contributed by atoms with Crippen molar-refractivity contribution in [2.45, 2.75) is 49.9 Å². The first-order valence-corrected chi connectivity index (χ1v) is 6.41. The fourth-order valence-electron chi connectivity index (χ4n) is 2.85. The number of rotatable bonds is 2. The molecule has 0 heterocycles. The minimum Gasteiger partial charge on any atom is -0.300 e. The van der Waals surface area contributed by atoms with E-state index < -0.39 is 11.7 Å². The van der Waals surface area contributed by atoms with Crippen LogP contribution in [0.5, 0.6) is 0 Å². The van der Waals surface area contributed by atoms with E-state index in [4.69, 9.17) is 0 Å². The summed E-state index contributed by atoms with van der Waals surface area (Å²) in [5, 5.41) is 2.86. The molecular formula is C14H16F3N. The second-order valence-electron chi connectivity index (χ2n) is 5.43. The molecule has 0 spiro atoms. The zero-order valence-corrected chi connectivity index (χ0v) is 10.1. The fourth-order valence-corrected chi connectivity index (χ4v) is 2.85. The number of alkyl halides is 3. The predicted molar refractivity (Wildman–Crippen MR) is 63.4 cm³/mol. The van der Waals surface area contributed by atoms with Crippen LogP contribution in [0.1, 0.15) is 30.4 Å². The summed E-state index contributed by atoms with van der Waals surface area (Å²) in [5.41, 5.74) is 0.899. The monoisotopic (exact) mass is 255 g/mol. The van der Waals surface area contributed by atoms with Crippen molar-refractivity contribution in [3.63, 3.8) is 0 Å². The van der Waals surface area contributed by atoms with E-state index >= 15 is 0 Å². The fraction of sp³-hybridized carbons (Fsp3) is 0.571. The summed E-state index contributed by atoms with van der Waals surface area (Å²) in [6.45, 7) is 0. The van der Waals surface area contributed by atoms with Crippen molar-refractivity contribution < 1.29 is 13.2 Å². The Balaban J connectivity index is 1.71. The van der Waals surface area contributed by atoms with Gasteiger partial charge >= 0.3 is 6.18 Å². The van der Waals surface area contributed by atoms with Gasteiger partial charge in [-0.05, 0) is 43.2 Å². The predicted octanol–water partition coefficient (Wildman–Crippen LogP) is 3.23. The van der Waals surface area contributed by atoms with Crippen molar-refractivity contribution in [3.05, 3.63) is 35.4 Å².